The highest BCUT2D eigenvalue weighted by Gasteiger charge is 2.25. The molecule has 444 valence electrons. The smallest absolute Gasteiger partial charge is 0.231 e. The number of hydrogen-bond acceptors (Lipinski definition) is 24. The van der Waals surface area contributed by atoms with Gasteiger partial charge in [-0.1, -0.05) is 76.8 Å². The number of ether oxygens (including phenoxy) is 6. The van der Waals surface area contributed by atoms with Crippen LogP contribution in [0.15, 0.2) is 85.5 Å². The van der Waals surface area contributed by atoms with E-state index in [0.717, 1.165) is 151 Å². The van der Waals surface area contributed by atoms with Crippen LogP contribution in [-0.2, 0) is 19.6 Å². The number of rotatable bonds is 21. The number of nitrogen functional groups attached to an aromatic ring is 3. The quantitative estimate of drug-likeness (QED) is 0.0288. The number of halogens is 3. The molecule has 0 unspecified atom stereocenters. The van der Waals surface area contributed by atoms with Gasteiger partial charge in [0.25, 0.3) is 0 Å². The second kappa shape index (κ2) is 28.4. The van der Waals surface area contributed by atoms with Gasteiger partial charge in [-0.3, -0.25) is 0 Å². The van der Waals surface area contributed by atoms with E-state index in [9.17, 15) is 0 Å². The monoisotopic (exact) mass is 1530 g/mol. The van der Waals surface area contributed by atoms with Gasteiger partial charge < -0.3 is 75.3 Å². The molecule has 84 heavy (non-hydrogen) atoms. The minimum atomic E-state index is 0.257. The van der Waals surface area contributed by atoms with Gasteiger partial charge in [0.15, 0.2) is 101 Å². The molecule has 0 fully saturated rings. The van der Waals surface area contributed by atoms with Gasteiger partial charge in [0.2, 0.25) is 20.4 Å². The maximum atomic E-state index is 6.04. The molecule has 9 N–H and O–H groups in total. The summed E-state index contributed by atoms with van der Waals surface area (Å²) in [6.07, 6.45) is 7.33. The first-order chi connectivity index (χ1) is 40.6. The number of aryl methyl sites for hydroxylation is 3. The maximum Gasteiger partial charge on any atom is 0.231 e. The van der Waals surface area contributed by atoms with Crippen molar-refractivity contribution in [3.05, 3.63) is 66.1 Å². The third kappa shape index (κ3) is 14.9. The third-order valence-corrected chi connectivity index (χ3v) is 19.7. The molecule has 6 aromatic heterocycles. The molecule has 9 heterocycles. The first kappa shape index (κ1) is 61.7. The number of anilines is 3. The van der Waals surface area contributed by atoms with Crippen molar-refractivity contribution >= 4 is 154 Å². The third-order valence-electron chi connectivity index (χ3n) is 12.8. The highest BCUT2D eigenvalue weighted by molar-refractivity contribution is 14.1. The van der Waals surface area contributed by atoms with Gasteiger partial charge >= 0.3 is 0 Å². The molecule has 0 saturated carbocycles. The van der Waals surface area contributed by atoms with Gasteiger partial charge in [0.1, 0.15) is 19.0 Å². The lowest BCUT2D eigenvalue weighted by Gasteiger charge is -2.11. The van der Waals surface area contributed by atoms with E-state index in [4.69, 9.17) is 60.6 Å². The van der Waals surface area contributed by atoms with E-state index >= 15 is 0 Å². The molecule has 0 bridgehead atoms. The fraction of sp³-hybridized carbons (Fsp3) is 0.389. The van der Waals surface area contributed by atoms with E-state index in [1.807, 2.05) is 36.4 Å². The summed E-state index contributed by atoms with van der Waals surface area (Å²) in [7, 11) is 0. The summed E-state index contributed by atoms with van der Waals surface area (Å²) in [6, 6.07) is 13.3. The average molecular weight is 1530 g/mol. The van der Waals surface area contributed by atoms with Gasteiger partial charge in [0, 0.05) is 63.2 Å². The Bertz CT molecular complexity index is 3410. The van der Waals surface area contributed by atoms with Gasteiger partial charge in [-0.2, -0.15) is 0 Å². The SMILES string of the molecule is CC(C)NCCCn1c(Sc2cc3c(cc2[123I])OCO3)nc2c(N)ncnc21.CC(C)NCCCn1c(Sc2cc3c(cc2[124I])OCO3)nc2c(N)ncnc21.CC(C)NCCCn1c(Sc2cc3c(cc2[131I])OCO3)nc2c(N)ncnc21. The van der Waals surface area contributed by atoms with Crippen molar-refractivity contribution in [2.75, 3.05) is 57.2 Å². The molecule has 0 aliphatic carbocycles. The zero-order chi connectivity index (χ0) is 59.0. The number of benzene rings is 3. The summed E-state index contributed by atoms with van der Waals surface area (Å²) in [5.74, 6) is 5.78. The van der Waals surface area contributed by atoms with Crippen LogP contribution in [0.1, 0.15) is 60.8 Å². The van der Waals surface area contributed by atoms with Crippen LogP contribution in [0.5, 0.6) is 34.5 Å². The predicted octanol–water partition coefficient (Wildman–Crippen LogP) is 9.84. The number of nitrogens with one attached hydrogen (secondary N) is 3. The van der Waals surface area contributed by atoms with Crippen molar-refractivity contribution in [1.29, 1.82) is 0 Å². The number of hydrogen-bond donors (Lipinski definition) is 6. The lowest BCUT2D eigenvalue weighted by Crippen LogP contribution is -2.24. The first-order valence-corrected chi connectivity index (χ1v) is 32.7. The molecule has 0 amide bonds. The Hall–Kier alpha value is -5.37. The molecule has 3 aromatic carbocycles. The average Bonchev–Trinajstić information content (AvgIpc) is 3.39. The molecule has 12 rings (SSSR count). The van der Waals surface area contributed by atoms with Crippen LogP contribution in [0, 0.1) is 10.7 Å². The van der Waals surface area contributed by atoms with Crippen LogP contribution in [0.2, 0.25) is 0 Å². The highest BCUT2D eigenvalue weighted by atomic mass is 131. The summed E-state index contributed by atoms with van der Waals surface area (Å²) in [5.41, 5.74) is 22.3. The molecule has 24 nitrogen and oxygen atoms in total. The molecule has 3 aliphatic rings. The fourth-order valence-corrected chi connectivity index (χ4v) is 13.9. The first-order valence-electron chi connectivity index (χ1n) is 27.0. The molecular weight excluding hydrogens is 1470 g/mol. The fourth-order valence-electron chi connectivity index (χ4n) is 8.75. The molecule has 0 atom stereocenters. The van der Waals surface area contributed by atoms with E-state index in [1.54, 1.807) is 35.3 Å². The van der Waals surface area contributed by atoms with Crippen molar-refractivity contribution in [2.45, 2.75) is 129 Å². The van der Waals surface area contributed by atoms with Crippen LogP contribution >= 0.6 is 103 Å². The Morgan fingerprint density at radius 2 is 0.833 bits per heavy atom. The summed E-state index contributed by atoms with van der Waals surface area (Å²) in [5, 5.41) is 12.8. The Labute approximate surface area is 538 Å². The van der Waals surface area contributed by atoms with Crippen molar-refractivity contribution in [3.63, 3.8) is 0 Å². The summed E-state index contributed by atoms with van der Waals surface area (Å²) in [4.78, 5) is 42.9. The number of fused-ring (bicyclic) bond motifs is 6. The van der Waals surface area contributed by atoms with E-state index in [1.165, 1.54) is 19.0 Å². The van der Waals surface area contributed by atoms with Crippen molar-refractivity contribution in [2.24, 2.45) is 0 Å². The summed E-state index contributed by atoms with van der Waals surface area (Å²) < 4.78 is 42.5. The van der Waals surface area contributed by atoms with Crippen molar-refractivity contribution < 1.29 is 28.4 Å². The van der Waals surface area contributed by atoms with E-state index < -0.39 is 0 Å². The molecule has 0 radical (unpaired) electrons. The molecule has 0 spiro atoms. The minimum absolute atomic E-state index is 0.257. The van der Waals surface area contributed by atoms with Gasteiger partial charge in [-0.05, 0) is 143 Å². The van der Waals surface area contributed by atoms with E-state index in [-0.39, 0.29) is 20.4 Å². The second-order valence-electron chi connectivity index (χ2n) is 20.0. The standard InChI is InChI=1S/3C18H21IN6O2S/c3*1-10(2)21-4-3-5-25-17-15(16(20)22-8-23-17)24-18(25)28-14-7-13-12(6-11(14)19)26-9-27-13/h3*6-8,10,21H,3-5,9H2,1-2H3,(H2,20,22,23)/i19+4;19-3;19-4. The van der Waals surface area contributed by atoms with Crippen LogP contribution in [-0.4, -0.2) is 117 Å². The van der Waals surface area contributed by atoms with Crippen LogP contribution in [0.25, 0.3) is 33.5 Å². The lowest BCUT2D eigenvalue weighted by molar-refractivity contribution is 0.173. The van der Waals surface area contributed by atoms with Gasteiger partial charge in [0.05, 0.1) is 0 Å². The van der Waals surface area contributed by atoms with E-state index in [0.29, 0.717) is 52.1 Å². The summed E-state index contributed by atoms with van der Waals surface area (Å²) in [6.45, 7) is 18.7. The Balaban J connectivity index is 0.000000140. The topological polar surface area (TPSA) is 300 Å². The van der Waals surface area contributed by atoms with Crippen LogP contribution in [0.4, 0.5) is 17.5 Å². The Morgan fingerprint density at radius 3 is 1.24 bits per heavy atom. The zero-order valence-corrected chi connectivity index (χ0v) is 55.7. The number of imidazole rings is 3. The van der Waals surface area contributed by atoms with Crippen molar-refractivity contribution in [3.8, 4) is 34.5 Å². The van der Waals surface area contributed by atoms with Crippen LogP contribution in [0.3, 0.4) is 0 Å². The van der Waals surface area contributed by atoms with Gasteiger partial charge in [-0.15, -0.1) is 0 Å². The molecular formula is C54H63I3N18O6S3. The zero-order valence-electron chi connectivity index (χ0n) is 46.8. The van der Waals surface area contributed by atoms with E-state index in [2.05, 4.69) is 169 Å². The molecule has 3 aliphatic heterocycles. The maximum absolute atomic E-state index is 6.04. The lowest BCUT2D eigenvalue weighted by atomic mass is 10.3. The number of aromatic nitrogens is 12. The highest BCUT2D eigenvalue weighted by Crippen LogP contribution is 2.45. The molecule has 9 aromatic rings. The second-order valence-corrected chi connectivity index (χ2v) is 26.5. The van der Waals surface area contributed by atoms with Crippen molar-refractivity contribution in [1.82, 2.24) is 74.5 Å². The number of nitrogens with zero attached hydrogens (tertiary/aromatic N) is 12. The number of nitrogens with two attached hydrogens (primary N) is 3. The largest absolute Gasteiger partial charge is 0.454 e. The minimum Gasteiger partial charge on any atom is -0.454 e. The summed E-state index contributed by atoms with van der Waals surface area (Å²) >= 11 is 11.6. The van der Waals surface area contributed by atoms with Crippen LogP contribution < -0.4 is 61.6 Å². The molecule has 0 saturated heterocycles. The Morgan fingerprint density at radius 1 is 0.500 bits per heavy atom. The molecule has 30 heteroatoms. The normalized spacial score (nSPS) is 13.0. The van der Waals surface area contributed by atoms with Gasteiger partial charge in [-0.25, -0.2) is 44.9 Å². The predicted molar refractivity (Wildman–Crippen MR) is 351 cm³/mol. The Kier molecular flexibility index (Phi) is 20.9.